The summed E-state index contributed by atoms with van der Waals surface area (Å²) in [6.07, 6.45) is 4.00. The number of rotatable bonds is 3. The first-order valence-electron chi connectivity index (χ1n) is 7.09. The van der Waals surface area contributed by atoms with Crippen LogP contribution in [-0.4, -0.2) is 35.1 Å². The normalized spacial score (nSPS) is 17.3. The fourth-order valence-corrected chi connectivity index (χ4v) is 2.37. The van der Waals surface area contributed by atoms with E-state index in [1.165, 1.54) is 12.1 Å². The molecule has 0 spiro atoms. The van der Waals surface area contributed by atoms with Gasteiger partial charge in [-0.15, -0.1) is 0 Å². The van der Waals surface area contributed by atoms with Crippen molar-refractivity contribution in [1.29, 1.82) is 0 Å². The molecule has 114 valence electrons. The van der Waals surface area contributed by atoms with Crippen molar-refractivity contribution in [2.75, 3.05) is 18.4 Å². The van der Waals surface area contributed by atoms with Crippen molar-refractivity contribution in [3.63, 3.8) is 0 Å². The van der Waals surface area contributed by atoms with Crippen molar-refractivity contribution in [2.45, 2.75) is 12.5 Å². The first-order chi connectivity index (χ1) is 10.7. The predicted molar refractivity (Wildman–Crippen MR) is 80.3 cm³/mol. The van der Waals surface area contributed by atoms with Gasteiger partial charge < -0.3 is 15.0 Å². The molecule has 2 amide bonds. The van der Waals surface area contributed by atoms with Gasteiger partial charge in [0.15, 0.2) is 0 Å². The molecule has 1 N–H and O–H groups in total. The number of nitrogens with one attached hydrogen (secondary N) is 1. The zero-order valence-corrected chi connectivity index (χ0v) is 11.9. The number of carbonyl (C=O) groups excluding carboxylic acids is 1. The Bertz CT molecular complexity index is 651. The molecule has 1 atom stereocenters. The molecule has 1 aliphatic rings. The molecule has 3 rings (SSSR count). The quantitative estimate of drug-likeness (QED) is 0.948. The fourth-order valence-electron chi connectivity index (χ4n) is 2.37. The lowest BCUT2D eigenvalue weighted by Gasteiger charge is -2.18. The van der Waals surface area contributed by atoms with Crippen LogP contribution in [0.2, 0.25) is 0 Å². The van der Waals surface area contributed by atoms with E-state index in [1.54, 1.807) is 41.6 Å². The summed E-state index contributed by atoms with van der Waals surface area (Å²) in [5.74, 6) is 0.288. The van der Waals surface area contributed by atoms with Crippen molar-refractivity contribution in [1.82, 2.24) is 9.88 Å². The second-order valence-corrected chi connectivity index (χ2v) is 5.07. The van der Waals surface area contributed by atoms with E-state index in [2.05, 4.69) is 10.3 Å². The highest BCUT2D eigenvalue weighted by molar-refractivity contribution is 5.89. The SMILES string of the molecule is O=C(Nc1ccccc1F)N1CC[C@H](Oc2ccncc2)C1. The highest BCUT2D eigenvalue weighted by atomic mass is 19.1. The molecule has 1 aromatic carbocycles. The van der Waals surface area contributed by atoms with Gasteiger partial charge in [-0.2, -0.15) is 0 Å². The summed E-state index contributed by atoms with van der Waals surface area (Å²) in [6, 6.07) is 9.36. The summed E-state index contributed by atoms with van der Waals surface area (Å²) < 4.78 is 19.3. The second-order valence-electron chi connectivity index (χ2n) is 5.07. The Labute approximate surface area is 127 Å². The molecule has 1 aromatic heterocycles. The number of hydrogen-bond donors (Lipinski definition) is 1. The Morgan fingerprint density at radius 3 is 2.82 bits per heavy atom. The minimum atomic E-state index is -0.445. The number of carbonyl (C=O) groups is 1. The van der Waals surface area contributed by atoms with Gasteiger partial charge in [-0.3, -0.25) is 4.98 Å². The van der Waals surface area contributed by atoms with Crippen LogP contribution in [0.3, 0.4) is 0 Å². The van der Waals surface area contributed by atoms with Gasteiger partial charge in [-0.1, -0.05) is 12.1 Å². The Morgan fingerprint density at radius 2 is 2.05 bits per heavy atom. The van der Waals surface area contributed by atoms with Crippen LogP contribution in [0, 0.1) is 5.82 Å². The van der Waals surface area contributed by atoms with Crippen molar-refractivity contribution in [2.24, 2.45) is 0 Å². The van der Waals surface area contributed by atoms with Gasteiger partial charge in [-0.25, -0.2) is 9.18 Å². The molecule has 1 saturated heterocycles. The number of halogens is 1. The molecule has 0 radical (unpaired) electrons. The molecule has 22 heavy (non-hydrogen) atoms. The molecule has 5 nitrogen and oxygen atoms in total. The molecule has 2 aromatic rings. The average Bonchev–Trinajstić information content (AvgIpc) is 2.99. The predicted octanol–water partition coefficient (Wildman–Crippen LogP) is 2.91. The van der Waals surface area contributed by atoms with E-state index in [0.29, 0.717) is 13.1 Å². The lowest BCUT2D eigenvalue weighted by atomic mass is 10.3. The molecule has 0 aliphatic carbocycles. The number of amides is 2. The molecule has 0 bridgehead atoms. The van der Waals surface area contributed by atoms with Crippen molar-refractivity contribution in [3.8, 4) is 5.75 Å². The minimum Gasteiger partial charge on any atom is -0.488 e. The monoisotopic (exact) mass is 301 g/mol. The van der Waals surface area contributed by atoms with Crippen LogP contribution < -0.4 is 10.1 Å². The number of urea groups is 1. The lowest BCUT2D eigenvalue weighted by Crippen LogP contribution is -2.34. The van der Waals surface area contributed by atoms with Crippen LogP contribution in [0.25, 0.3) is 0 Å². The highest BCUT2D eigenvalue weighted by Crippen LogP contribution is 2.19. The molecule has 1 fully saturated rings. The van der Waals surface area contributed by atoms with Gasteiger partial charge in [0.1, 0.15) is 17.7 Å². The maximum Gasteiger partial charge on any atom is 0.322 e. The largest absolute Gasteiger partial charge is 0.488 e. The van der Waals surface area contributed by atoms with Gasteiger partial charge in [0, 0.05) is 25.4 Å². The van der Waals surface area contributed by atoms with Crippen LogP contribution in [0.5, 0.6) is 5.75 Å². The number of pyridine rings is 1. The van der Waals surface area contributed by atoms with Crippen molar-refractivity contribution < 1.29 is 13.9 Å². The van der Waals surface area contributed by atoms with E-state index in [9.17, 15) is 9.18 Å². The second kappa shape index (κ2) is 6.43. The summed E-state index contributed by atoms with van der Waals surface area (Å²) in [6.45, 7) is 1.05. The van der Waals surface area contributed by atoms with E-state index in [0.717, 1.165) is 12.2 Å². The number of nitrogens with zero attached hydrogens (tertiary/aromatic N) is 2. The molecule has 0 unspecified atom stereocenters. The summed E-state index contributed by atoms with van der Waals surface area (Å²) in [7, 11) is 0. The van der Waals surface area contributed by atoms with Gasteiger partial charge in [-0.05, 0) is 24.3 Å². The smallest absolute Gasteiger partial charge is 0.322 e. The molecule has 0 saturated carbocycles. The van der Waals surface area contributed by atoms with Crippen LogP contribution in [0.4, 0.5) is 14.9 Å². The Balaban J connectivity index is 1.56. The first-order valence-corrected chi connectivity index (χ1v) is 7.09. The van der Waals surface area contributed by atoms with Crippen molar-refractivity contribution in [3.05, 3.63) is 54.6 Å². The van der Waals surface area contributed by atoms with Crippen molar-refractivity contribution >= 4 is 11.7 Å². The van der Waals surface area contributed by atoms with Gasteiger partial charge >= 0.3 is 6.03 Å². The van der Waals surface area contributed by atoms with E-state index >= 15 is 0 Å². The number of anilines is 1. The summed E-state index contributed by atoms with van der Waals surface area (Å²) in [5.41, 5.74) is 0.186. The van der Waals surface area contributed by atoms with Crippen LogP contribution >= 0.6 is 0 Å². The molecule has 6 heteroatoms. The van der Waals surface area contributed by atoms with E-state index in [1.807, 2.05) is 0 Å². The average molecular weight is 301 g/mol. The van der Waals surface area contributed by atoms with Gasteiger partial charge in [0.2, 0.25) is 0 Å². The van der Waals surface area contributed by atoms with Crippen LogP contribution in [0.1, 0.15) is 6.42 Å². The highest BCUT2D eigenvalue weighted by Gasteiger charge is 2.28. The van der Waals surface area contributed by atoms with Gasteiger partial charge in [0.25, 0.3) is 0 Å². The van der Waals surface area contributed by atoms with Gasteiger partial charge in [0.05, 0.1) is 12.2 Å². The molecule has 2 heterocycles. The Hall–Kier alpha value is -2.63. The first kappa shape index (κ1) is 14.3. The van der Waals surface area contributed by atoms with Crippen LogP contribution in [0.15, 0.2) is 48.8 Å². The lowest BCUT2D eigenvalue weighted by molar-refractivity contribution is 0.194. The zero-order chi connectivity index (χ0) is 15.4. The molecular weight excluding hydrogens is 285 g/mol. The summed E-state index contributed by atoms with van der Waals surface area (Å²) >= 11 is 0. The van der Waals surface area contributed by atoms with Crippen LogP contribution in [-0.2, 0) is 0 Å². The van der Waals surface area contributed by atoms with E-state index < -0.39 is 5.82 Å². The third-order valence-electron chi connectivity index (χ3n) is 3.50. The number of ether oxygens (including phenoxy) is 1. The topological polar surface area (TPSA) is 54.5 Å². The Kier molecular flexibility index (Phi) is 4.18. The summed E-state index contributed by atoms with van der Waals surface area (Å²) in [4.78, 5) is 17.7. The minimum absolute atomic E-state index is 0.0613. The van der Waals surface area contributed by atoms with E-state index in [4.69, 9.17) is 4.74 Å². The molecule has 1 aliphatic heterocycles. The molecular formula is C16H16FN3O2. The Morgan fingerprint density at radius 1 is 1.27 bits per heavy atom. The zero-order valence-electron chi connectivity index (χ0n) is 11.9. The summed E-state index contributed by atoms with van der Waals surface area (Å²) in [5, 5.41) is 2.58. The fraction of sp³-hybridized carbons (Fsp3) is 0.250. The number of para-hydroxylation sites is 1. The van der Waals surface area contributed by atoms with E-state index in [-0.39, 0.29) is 17.8 Å². The number of hydrogen-bond acceptors (Lipinski definition) is 3. The standard InChI is InChI=1S/C16H16FN3O2/c17-14-3-1-2-4-15(14)19-16(21)20-10-7-13(11-20)22-12-5-8-18-9-6-12/h1-6,8-9,13H,7,10-11H2,(H,19,21)/t13-/m0/s1. The number of benzene rings is 1. The number of aromatic nitrogens is 1. The third kappa shape index (κ3) is 3.33. The maximum atomic E-state index is 13.5. The number of likely N-dealkylation sites (tertiary alicyclic amines) is 1. The third-order valence-corrected chi connectivity index (χ3v) is 3.50. The maximum absolute atomic E-state index is 13.5.